The molecule has 0 aliphatic carbocycles. The predicted molar refractivity (Wildman–Crippen MR) is 106 cm³/mol. The van der Waals surface area contributed by atoms with Crippen molar-refractivity contribution in [2.75, 3.05) is 25.9 Å². The van der Waals surface area contributed by atoms with Gasteiger partial charge in [0.05, 0.1) is 12.8 Å². The van der Waals surface area contributed by atoms with Gasteiger partial charge < -0.3 is 15.2 Å². The Balaban J connectivity index is 1.89. The summed E-state index contributed by atoms with van der Waals surface area (Å²) in [6, 6.07) is 9.93. The molecule has 148 valence electrons. The number of rotatable bonds is 10. The van der Waals surface area contributed by atoms with E-state index in [1.165, 1.54) is 0 Å². The molecule has 0 aliphatic rings. The average molecular weight is 394 g/mol. The molecule has 0 saturated heterocycles. The summed E-state index contributed by atoms with van der Waals surface area (Å²) in [5.74, 6) is 1.56. The van der Waals surface area contributed by atoms with E-state index in [4.69, 9.17) is 0 Å². The van der Waals surface area contributed by atoms with Gasteiger partial charge in [-0.05, 0) is 5.56 Å². The van der Waals surface area contributed by atoms with Crippen molar-refractivity contribution in [3.63, 3.8) is 0 Å². The van der Waals surface area contributed by atoms with Gasteiger partial charge in [-0.15, -0.1) is 10.2 Å². The van der Waals surface area contributed by atoms with Crippen LogP contribution in [0.15, 0.2) is 41.7 Å². The zero-order valence-electron chi connectivity index (χ0n) is 15.7. The number of nitrogens with one attached hydrogen (secondary N) is 3. The zero-order valence-corrected chi connectivity index (χ0v) is 16.5. The van der Waals surface area contributed by atoms with Crippen LogP contribution in [0, 0.1) is 0 Å². The normalized spacial score (nSPS) is 12.1. The Morgan fingerprint density at radius 1 is 1.15 bits per heavy atom. The molecule has 1 aromatic carbocycles. The van der Waals surface area contributed by atoms with Crippen LogP contribution in [0.4, 0.5) is 0 Å². The first kappa shape index (κ1) is 20.8. The Bertz CT molecular complexity index is 819. The second-order valence-electron chi connectivity index (χ2n) is 5.96. The summed E-state index contributed by atoms with van der Waals surface area (Å²) in [6.45, 7) is 4.64. The molecule has 2 aromatic rings. The molecule has 0 saturated carbocycles. The molecule has 0 unspecified atom stereocenters. The van der Waals surface area contributed by atoms with Crippen LogP contribution in [0.25, 0.3) is 0 Å². The fourth-order valence-electron chi connectivity index (χ4n) is 2.38. The van der Waals surface area contributed by atoms with E-state index in [0.29, 0.717) is 32.1 Å². The molecule has 0 fully saturated rings. The maximum atomic E-state index is 11.2. The van der Waals surface area contributed by atoms with E-state index in [2.05, 4.69) is 30.5 Å². The van der Waals surface area contributed by atoms with Crippen molar-refractivity contribution in [2.24, 2.45) is 4.99 Å². The second-order valence-corrected chi connectivity index (χ2v) is 7.80. The number of sulfonamides is 1. The number of hydrogen-bond acceptors (Lipinski definition) is 5. The molecule has 0 spiro atoms. The number of aryl methyl sites for hydroxylation is 1. The lowest BCUT2D eigenvalue weighted by molar-refractivity contribution is 0.586. The summed E-state index contributed by atoms with van der Waals surface area (Å²) in [5.41, 5.74) is 1.10. The third-order valence-electron chi connectivity index (χ3n) is 3.70. The van der Waals surface area contributed by atoms with Crippen LogP contribution in [0.3, 0.4) is 0 Å². The minimum Gasteiger partial charge on any atom is -0.355 e. The number of benzene rings is 1. The first-order chi connectivity index (χ1) is 13.0. The molecule has 0 aliphatic heterocycles. The van der Waals surface area contributed by atoms with Crippen LogP contribution in [0.2, 0.25) is 0 Å². The topological polar surface area (TPSA) is 113 Å². The number of nitrogens with zero attached hydrogens (tertiary/aromatic N) is 4. The summed E-state index contributed by atoms with van der Waals surface area (Å²) in [4.78, 5) is 4.57. The maximum absolute atomic E-state index is 11.2. The van der Waals surface area contributed by atoms with Crippen molar-refractivity contribution in [1.29, 1.82) is 0 Å². The lowest BCUT2D eigenvalue weighted by Crippen LogP contribution is -2.42. The Kier molecular flexibility index (Phi) is 8.21. The van der Waals surface area contributed by atoms with Gasteiger partial charge in [0.1, 0.15) is 12.2 Å². The molecule has 10 heteroatoms. The maximum Gasteiger partial charge on any atom is 0.208 e. The highest BCUT2D eigenvalue weighted by atomic mass is 32.2. The monoisotopic (exact) mass is 393 g/mol. The van der Waals surface area contributed by atoms with Crippen LogP contribution >= 0.6 is 0 Å². The minimum absolute atomic E-state index is 0.288. The Morgan fingerprint density at radius 2 is 1.89 bits per heavy atom. The van der Waals surface area contributed by atoms with Crippen LogP contribution in [-0.2, 0) is 29.5 Å². The largest absolute Gasteiger partial charge is 0.355 e. The molecule has 2 rings (SSSR count). The van der Waals surface area contributed by atoms with E-state index < -0.39 is 10.0 Å². The van der Waals surface area contributed by atoms with Gasteiger partial charge in [0.25, 0.3) is 0 Å². The fourth-order valence-corrected chi connectivity index (χ4v) is 2.85. The summed E-state index contributed by atoms with van der Waals surface area (Å²) >= 11 is 0. The van der Waals surface area contributed by atoms with Gasteiger partial charge in [-0.1, -0.05) is 37.3 Å². The van der Waals surface area contributed by atoms with Crippen LogP contribution in [0.1, 0.15) is 18.3 Å². The van der Waals surface area contributed by atoms with E-state index in [9.17, 15) is 8.42 Å². The van der Waals surface area contributed by atoms with E-state index >= 15 is 0 Å². The Labute approximate surface area is 160 Å². The van der Waals surface area contributed by atoms with Gasteiger partial charge in [-0.25, -0.2) is 18.1 Å². The SMILES string of the molecule is CCc1nncn1CCNC(=NCc1ccccc1)NCCNS(C)(=O)=O. The highest BCUT2D eigenvalue weighted by molar-refractivity contribution is 7.88. The third-order valence-corrected chi connectivity index (χ3v) is 4.43. The Hall–Kier alpha value is -2.46. The summed E-state index contributed by atoms with van der Waals surface area (Å²) in [7, 11) is -3.20. The van der Waals surface area contributed by atoms with Crippen molar-refractivity contribution in [1.82, 2.24) is 30.1 Å². The molecular weight excluding hydrogens is 366 g/mol. The van der Waals surface area contributed by atoms with Crippen molar-refractivity contribution in [2.45, 2.75) is 26.4 Å². The van der Waals surface area contributed by atoms with Crippen molar-refractivity contribution >= 4 is 16.0 Å². The van der Waals surface area contributed by atoms with Gasteiger partial charge in [0.15, 0.2) is 5.96 Å². The quantitative estimate of drug-likeness (QED) is 0.300. The molecule has 1 heterocycles. The second kappa shape index (κ2) is 10.6. The summed E-state index contributed by atoms with van der Waals surface area (Å²) in [5, 5.41) is 14.4. The lowest BCUT2D eigenvalue weighted by Gasteiger charge is -2.13. The highest BCUT2D eigenvalue weighted by Gasteiger charge is 2.04. The van der Waals surface area contributed by atoms with Gasteiger partial charge in [0, 0.05) is 32.6 Å². The van der Waals surface area contributed by atoms with Crippen LogP contribution < -0.4 is 15.4 Å². The molecule has 3 N–H and O–H groups in total. The van der Waals surface area contributed by atoms with Crippen LogP contribution in [0.5, 0.6) is 0 Å². The zero-order chi connectivity index (χ0) is 19.5. The molecule has 0 atom stereocenters. The van der Waals surface area contributed by atoms with Crippen molar-refractivity contribution in [3.05, 3.63) is 48.0 Å². The first-order valence-corrected chi connectivity index (χ1v) is 10.7. The molecule has 0 radical (unpaired) electrons. The van der Waals surface area contributed by atoms with Crippen molar-refractivity contribution < 1.29 is 8.42 Å². The predicted octanol–water partition coefficient (Wildman–Crippen LogP) is 0.125. The molecule has 27 heavy (non-hydrogen) atoms. The third kappa shape index (κ3) is 8.18. The Morgan fingerprint density at radius 3 is 2.59 bits per heavy atom. The highest BCUT2D eigenvalue weighted by Crippen LogP contribution is 2.00. The fraction of sp³-hybridized carbons (Fsp3) is 0.471. The first-order valence-electron chi connectivity index (χ1n) is 8.85. The summed E-state index contributed by atoms with van der Waals surface area (Å²) < 4.78 is 26.7. The standard InChI is InChI=1S/C17H27N7O2S/c1-3-16-23-21-14-24(16)12-11-19-17(18-9-10-22-27(2,25)26)20-13-15-7-5-4-6-8-15/h4-8,14,22H,3,9-13H2,1-2H3,(H2,18,19,20). The molecule has 0 amide bonds. The number of aromatic nitrogens is 3. The number of aliphatic imine (C=N–C) groups is 1. The minimum atomic E-state index is -3.20. The lowest BCUT2D eigenvalue weighted by atomic mass is 10.2. The smallest absolute Gasteiger partial charge is 0.208 e. The van der Waals surface area contributed by atoms with Crippen molar-refractivity contribution in [3.8, 4) is 0 Å². The van der Waals surface area contributed by atoms with E-state index in [-0.39, 0.29) is 6.54 Å². The van der Waals surface area contributed by atoms with Gasteiger partial charge in [-0.3, -0.25) is 0 Å². The van der Waals surface area contributed by atoms with E-state index in [0.717, 1.165) is 24.1 Å². The molecule has 0 bridgehead atoms. The summed E-state index contributed by atoms with van der Waals surface area (Å²) in [6.07, 6.45) is 3.68. The van der Waals surface area contributed by atoms with Gasteiger partial charge >= 0.3 is 0 Å². The van der Waals surface area contributed by atoms with E-state index in [1.54, 1.807) is 6.33 Å². The van der Waals surface area contributed by atoms with Gasteiger partial charge in [0.2, 0.25) is 10.0 Å². The molecule has 1 aromatic heterocycles. The number of guanidine groups is 1. The van der Waals surface area contributed by atoms with E-state index in [1.807, 2.05) is 41.8 Å². The van der Waals surface area contributed by atoms with Crippen LogP contribution in [-0.4, -0.2) is 55.0 Å². The molecular formula is C17H27N7O2S. The molecule has 9 nitrogen and oxygen atoms in total. The number of hydrogen-bond donors (Lipinski definition) is 3. The van der Waals surface area contributed by atoms with Gasteiger partial charge in [-0.2, -0.15) is 0 Å². The average Bonchev–Trinajstić information content (AvgIpc) is 3.10.